The fraction of sp³-hybridized carbons (Fsp3) is 0.550. The molecule has 0 spiro atoms. The molecule has 0 radical (unpaired) electrons. The van der Waals surface area contributed by atoms with Crippen molar-refractivity contribution in [2.75, 3.05) is 25.0 Å². The number of unbranched alkanes of at least 4 members (excludes halogenated alkanes) is 1. The van der Waals surface area contributed by atoms with Crippen molar-refractivity contribution in [3.8, 4) is 5.75 Å². The van der Waals surface area contributed by atoms with Crippen LogP contribution in [0, 0.1) is 0 Å². The van der Waals surface area contributed by atoms with Crippen LogP contribution in [0.15, 0.2) is 18.2 Å². The van der Waals surface area contributed by atoms with E-state index in [1.54, 1.807) is 37.1 Å². The summed E-state index contributed by atoms with van der Waals surface area (Å²) in [6.07, 6.45) is 2.46. The lowest BCUT2D eigenvalue weighted by Gasteiger charge is -2.33. The van der Waals surface area contributed by atoms with Crippen LogP contribution in [0.3, 0.4) is 0 Å². The Balaban J connectivity index is 2.28. The van der Waals surface area contributed by atoms with E-state index in [9.17, 15) is 14.4 Å². The Bertz CT molecular complexity index is 686. The van der Waals surface area contributed by atoms with Gasteiger partial charge in [-0.3, -0.25) is 19.3 Å². The lowest BCUT2D eigenvalue weighted by molar-refractivity contribution is -0.132. The van der Waals surface area contributed by atoms with E-state index in [4.69, 9.17) is 4.74 Å². The predicted molar refractivity (Wildman–Crippen MR) is 101 cm³/mol. The third kappa shape index (κ3) is 4.42. The lowest BCUT2D eigenvalue weighted by atomic mass is 10.0. The zero-order chi connectivity index (χ0) is 19.3. The molecule has 6 nitrogen and oxygen atoms in total. The number of ether oxygens (including phenoxy) is 1. The fourth-order valence-electron chi connectivity index (χ4n) is 2.89. The largest absolute Gasteiger partial charge is 0.479 e. The van der Waals surface area contributed by atoms with E-state index in [0.29, 0.717) is 30.0 Å². The smallest absolute Gasteiger partial charge is 0.268 e. The summed E-state index contributed by atoms with van der Waals surface area (Å²) in [6.45, 7) is 6.29. The normalized spacial score (nSPS) is 16.1. The molecule has 6 heteroatoms. The van der Waals surface area contributed by atoms with Crippen molar-refractivity contribution in [1.82, 2.24) is 4.90 Å². The number of likely N-dealkylation sites (N-methyl/N-ethyl adjacent to an activating group) is 1. The minimum Gasteiger partial charge on any atom is -0.479 e. The number of Topliss-reactive ketones (excluding diaryl/α,β-unsaturated/α-hetero) is 1. The van der Waals surface area contributed by atoms with Crippen LogP contribution in [0.5, 0.6) is 5.75 Å². The fourth-order valence-corrected chi connectivity index (χ4v) is 2.89. The van der Waals surface area contributed by atoms with Gasteiger partial charge in [-0.15, -0.1) is 0 Å². The first-order valence-corrected chi connectivity index (χ1v) is 9.28. The van der Waals surface area contributed by atoms with Gasteiger partial charge in [-0.2, -0.15) is 0 Å². The van der Waals surface area contributed by atoms with Crippen molar-refractivity contribution in [1.29, 1.82) is 0 Å². The van der Waals surface area contributed by atoms with Crippen molar-refractivity contribution in [3.05, 3.63) is 23.8 Å². The van der Waals surface area contributed by atoms with Gasteiger partial charge in [0, 0.05) is 25.6 Å². The van der Waals surface area contributed by atoms with Gasteiger partial charge in [0.1, 0.15) is 12.3 Å². The molecule has 1 aliphatic rings. The molecule has 0 saturated carbocycles. The van der Waals surface area contributed by atoms with Gasteiger partial charge in [0.05, 0.1) is 5.69 Å². The van der Waals surface area contributed by atoms with Crippen LogP contribution in [-0.2, 0) is 9.59 Å². The molecule has 1 aromatic carbocycles. The number of rotatable bonds is 8. The van der Waals surface area contributed by atoms with Crippen LogP contribution in [0.2, 0.25) is 0 Å². The number of ketones is 1. The number of carbonyl (C=O) groups excluding carboxylic acids is 3. The number of nitrogens with zero attached hydrogens (tertiary/aromatic N) is 2. The minimum absolute atomic E-state index is 0.0210. The Labute approximate surface area is 155 Å². The van der Waals surface area contributed by atoms with Gasteiger partial charge in [-0.25, -0.2) is 0 Å². The molecule has 0 aliphatic carbocycles. The first-order chi connectivity index (χ1) is 12.4. The summed E-state index contributed by atoms with van der Waals surface area (Å²) in [4.78, 5) is 40.4. The Kier molecular flexibility index (Phi) is 6.77. The van der Waals surface area contributed by atoms with E-state index in [2.05, 4.69) is 6.92 Å². The highest BCUT2D eigenvalue weighted by Crippen LogP contribution is 2.35. The Morgan fingerprint density at radius 1 is 1.23 bits per heavy atom. The summed E-state index contributed by atoms with van der Waals surface area (Å²) in [7, 11) is 1.74. The van der Waals surface area contributed by atoms with Gasteiger partial charge in [-0.1, -0.05) is 20.3 Å². The molecule has 1 unspecified atom stereocenters. The molecule has 0 aromatic heterocycles. The van der Waals surface area contributed by atoms with Crippen LogP contribution in [0.1, 0.15) is 56.8 Å². The van der Waals surface area contributed by atoms with E-state index >= 15 is 0 Å². The zero-order valence-corrected chi connectivity index (χ0v) is 16.1. The highest BCUT2D eigenvalue weighted by atomic mass is 16.5. The van der Waals surface area contributed by atoms with Gasteiger partial charge in [0.2, 0.25) is 5.91 Å². The van der Waals surface area contributed by atoms with E-state index < -0.39 is 6.10 Å². The molecular weight excluding hydrogens is 332 g/mol. The summed E-state index contributed by atoms with van der Waals surface area (Å²) in [5, 5.41) is 0. The Morgan fingerprint density at radius 2 is 1.96 bits per heavy atom. The van der Waals surface area contributed by atoms with Crippen molar-refractivity contribution >= 4 is 23.3 Å². The zero-order valence-electron chi connectivity index (χ0n) is 16.1. The number of fused-ring (bicyclic) bond motifs is 1. The SMILES string of the molecule is CCCCN(C)C(=O)CN1C(=O)C(C)Oc2ccc(C(=O)CCC)cc21. The van der Waals surface area contributed by atoms with Crippen LogP contribution in [0.25, 0.3) is 0 Å². The van der Waals surface area contributed by atoms with E-state index in [-0.39, 0.29) is 24.1 Å². The van der Waals surface area contributed by atoms with Gasteiger partial charge < -0.3 is 9.64 Å². The van der Waals surface area contributed by atoms with Gasteiger partial charge in [-0.05, 0) is 38.0 Å². The molecule has 0 saturated heterocycles. The Morgan fingerprint density at radius 3 is 2.62 bits per heavy atom. The number of hydrogen-bond acceptors (Lipinski definition) is 4. The van der Waals surface area contributed by atoms with Gasteiger partial charge >= 0.3 is 0 Å². The molecule has 1 atom stereocenters. The predicted octanol–water partition coefficient (Wildman–Crippen LogP) is 3.04. The second-order valence-corrected chi connectivity index (χ2v) is 6.71. The highest BCUT2D eigenvalue weighted by molar-refractivity contribution is 6.05. The molecule has 0 fully saturated rings. The molecule has 1 heterocycles. The van der Waals surface area contributed by atoms with Crippen molar-refractivity contribution < 1.29 is 19.1 Å². The van der Waals surface area contributed by atoms with Crippen molar-refractivity contribution in [2.24, 2.45) is 0 Å². The number of carbonyl (C=O) groups is 3. The topological polar surface area (TPSA) is 66.9 Å². The molecule has 1 aliphatic heterocycles. The molecule has 0 bridgehead atoms. The maximum atomic E-state index is 12.6. The third-order valence-corrected chi connectivity index (χ3v) is 4.53. The third-order valence-electron chi connectivity index (χ3n) is 4.53. The quantitative estimate of drug-likeness (QED) is 0.668. The first kappa shape index (κ1) is 19.9. The second kappa shape index (κ2) is 8.83. The van der Waals surface area contributed by atoms with E-state index in [1.165, 1.54) is 4.90 Å². The van der Waals surface area contributed by atoms with Crippen LogP contribution in [0.4, 0.5) is 5.69 Å². The molecule has 0 N–H and O–H groups in total. The summed E-state index contributed by atoms with van der Waals surface area (Å²) in [6, 6.07) is 5.09. The second-order valence-electron chi connectivity index (χ2n) is 6.71. The summed E-state index contributed by atoms with van der Waals surface area (Å²) in [5.74, 6) is 0.147. The van der Waals surface area contributed by atoms with Crippen molar-refractivity contribution in [3.63, 3.8) is 0 Å². The van der Waals surface area contributed by atoms with E-state index in [1.807, 2.05) is 6.92 Å². The molecule has 2 rings (SSSR count). The standard InChI is InChI=1S/C20H28N2O4/c1-5-7-11-21(4)19(24)13-22-16-12-15(17(23)8-6-2)9-10-18(16)26-14(3)20(22)25/h9-10,12,14H,5-8,11,13H2,1-4H3. The summed E-state index contributed by atoms with van der Waals surface area (Å²) in [5.41, 5.74) is 1.03. The molecule has 2 amide bonds. The number of anilines is 1. The number of benzene rings is 1. The van der Waals surface area contributed by atoms with Gasteiger partial charge in [0.15, 0.2) is 11.9 Å². The molecular formula is C20H28N2O4. The van der Waals surface area contributed by atoms with E-state index in [0.717, 1.165) is 19.3 Å². The number of amides is 2. The maximum Gasteiger partial charge on any atom is 0.268 e. The average molecular weight is 360 g/mol. The van der Waals surface area contributed by atoms with Crippen LogP contribution >= 0.6 is 0 Å². The lowest BCUT2D eigenvalue weighted by Crippen LogP contribution is -2.49. The highest BCUT2D eigenvalue weighted by Gasteiger charge is 2.33. The Hall–Kier alpha value is -2.37. The molecule has 26 heavy (non-hydrogen) atoms. The average Bonchev–Trinajstić information content (AvgIpc) is 2.63. The van der Waals surface area contributed by atoms with Crippen LogP contribution in [-0.4, -0.2) is 48.7 Å². The maximum absolute atomic E-state index is 12.6. The number of hydrogen-bond donors (Lipinski definition) is 0. The van der Waals surface area contributed by atoms with Crippen molar-refractivity contribution in [2.45, 2.75) is 52.6 Å². The van der Waals surface area contributed by atoms with Crippen LogP contribution < -0.4 is 9.64 Å². The first-order valence-electron chi connectivity index (χ1n) is 9.28. The van der Waals surface area contributed by atoms with Gasteiger partial charge in [0.25, 0.3) is 5.91 Å². The molecule has 1 aromatic rings. The minimum atomic E-state index is -0.659. The summed E-state index contributed by atoms with van der Waals surface area (Å²) >= 11 is 0. The molecule has 142 valence electrons. The summed E-state index contributed by atoms with van der Waals surface area (Å²) < 4.78 is 5.65. The monoisotopic (exact) mass is 360 g/mol.